The Bertz CT molecular complexity index is 1140. The van der Waals surface area contributed by atoms with Crippen molar-refractivity contribution in [1.82, 2.24) is 9.88 Å². The van der Waals surface area contributed by atoms with Gasteiger partial charge in [-0.25, -0.2) is 4.98 Å². The van der Waals surface area contributed by atoms with Gasteiger partial charge in [0.25, 0.3) is 0 Å². The molecule has 2 saturated heterocycles. The molecule has 2 atom stereocenters. The lowest BCUT2D eigenvalue weighted by atomic mass is 9.98. The van der Waals surface area contributed by atoms with Gasteiger partial charge in [-0.2, -0.15) is 0 Å². The predicted octanol–water partition coefficient (Wildman–Crippen LogP) is 3.43. The third-order valence-electron chi connectivity index (χ3n) is 5.93. The van der Waals surface area contributed by atoms with Crippen molar-refractivity contribution in [3.05, 3.63) is 48.0 Å². The van der Waals surface area contributed by atoms with Gasteiger partial charge < -0.3 is 24.4 Å². The van der Waals surface area contributed by atoms with Gasteiger partial charge in [-0.3, -0.25) is 9.59 Å². The lowest BCUT2D eigenvalue weighted by Crippen LogP contribution is -2.34. The number of anilines is 1. The number of thiazole rings is 1. The van der Waals surface area contributed by atoms with Crippen molar-refractivity contribution in [2.24, 2.45) is 0 Å². The zero-order valence-corrected chi connectivity index (χ0v) is 19.1. The zero-order chi connectivity index (χ0) is 22.8. The molecule has 0 aliphatic carbocycles. The van der Waals surface area contributed by atoms with E-state index in [1.807, 2.05) is 42.5 Å². The molecule has 2 amide bonds. The van der Waals surface area contributed by atoms with E-state index in [1.165, 1.54) is 11.3 Å². The molecule has 2 aliphatic rings. The number of para-hydroxylation sites is 1. The highest BCUT2D eigenvalue weighted by Crippen LogP contribution is 2.36. The minimum atomic E-state index is -0.247. The van der Waals surface area contributed by atoms with E-state index in [0.717, 1.165) is 22.2 Å². The molecule has 5 rings (SSSR count). The third-order valence-corrected chi connectivity index (χ3v) is 6.88. The molecule has 172 valence electrons. The number of fused-ring (bicyclic) bond motifs is 1. The molecule has 0 spiro atoms. The molecule has 0 unspecified atom stereocenters. The molecule has 1 N–H and O–H groups in total. The van der Waals surface area contributed by atoms with Crippen LogP contribution in [0.2, 0.25) is 0 Å². The van der Waals surface area contributed by atoms with Gasteiger partial charge in [0.05, 0.1) is 37.1 Å². The van der Waals surface area contributed by atoms with E-state index in [9.17, 15) is 9.59 Å². The Morgan fingerprint density at radius 1 is 1.27 bits per heavy atom. The first-order chi connectivity index (χ1) is 16.1. The second-order valence-corrected chi connectivity index (χ2v) is 9.25. The van der Waals surface area contributed by atoms with Crippen molar-refractivity contribution in [1.29, 1.82) is 0 Å². The second kappa shape index (κ2) is 9.36. The van der Waals surface area contributed by atoms with Gasteiger partial charge in [-0.15, -0.1) is 0 Å². The minimum absolute atomic E-state index is 0.00191. The van der Waals surface area contributed by atoms with Crippen LogP contribution in [-0.4, -0.2) is 61.2 Å². The Morgan fingerprint density at radius 2 is 2.15 bits per heavy atom. The summed E-state index contributed by atoms with van der Waals surface area (Å²) >= 11 is 1.42. The Labute approximate surface area is 195 Å². The number of amides is 2. The molecule has 2 fully saturated rings. The number of likely N-dealkylation sites (tertiary alicyclic amines) is 1. The fourth-order valence-corrected chi connectivity index (χ4v) is 5.11. The summed E-state index contributed by atoms with van der Waals surface area (Å²) in [4.78, 5) is 31.2. The molecule has 2 aromatic carbocycles. The summed E-state index contributed by atoms with van der Waals surface area (Å²) in [6.45, 7) is 1.74. The van der Waals surface area contributed by atoms with E-state index in [1.54, 1.807) is 12.0 Å². The van der Waals surface area contributed by atoms with Gasteiger partial charge >= 0.3 is 0 Å². The summed E-state index contributed by atoms with van der Waals surface area (Å²) in [5.41, 5.74) is 1.84. The number of carbonyl (C=O) groups excluding carboxylic acids is 2. The van der Waals surface area contributed by atoms with E-state index in [0.29, 0.717) is 42.8 Å². The van der Waals surface area contributed by atoms with Crippen LogP contribution in [0.25, 0.3) is 10.2 Å². The van der Waals surface area contributed by atoms with Crippen LogP contribution in [0.5, 0.6) is 11.5 Å². The van der Waals surface area contributed by atoms with E-state index >= 15 is 0 Å². The van der Waals surface area contributed by atoms with Crippen LogP contribution < -0.4 is 14.8 Å². The summed E-state index contributed by atoms with van der Waals surface area (Å²) in [5, 5.41) is 3.36. The molecule has 3 aromatic rings. The standard InChI is InChI=1S/C24H25N3O5S/c1-30-19-7-6-15(10-20(19)32-17-8-9-31-14-17)16-11-23(29)27(12-16)13-22(28)26-24-25-18-4-2-3-5-21(18)33-24/h2-7,10,16-17H,8-9,11-14H2,1H3,(H,25,26,28)/t16-,17-/m1/s1. The van der Waals surface area contributed by atoms with Crippen LogP contribution in [0.3, 0.4) is 0 Å². The van der Waals surface area contributed by atoms with Crippen LogP contribution in [0.15, 0.2) is 42.5 Å². The maximum atomic E-state index is 12.6. The second-order valence-electron chi connectivity index (χ2n) is 8.22. The number of benzene rings is 2. The van der Waals surface area contributed by atoms with Crippen molar-refractivity contribution in [2.75, 3.05) is 38.7 Å². The van der Waals surface area contributed by atoms with Crippen LogP contribution in [0.1, 0.15) is 24.3 Å². The highest BCUT2D eigenvalue weighted by molar-refractivity contribution is 7.22. The maximum Gasteiger partial charge on any atom is 0.245 e. The average Bonchev–Trinajstić information content (AvgIpc) is 3.54. The largest absolute Gasteiger partial charge is 0.493 e. The van der Waals surface area contributed by atoms with Gasteiger partial charge in [0.15, 0.2) is 16.6 Å². The molecule has 9 heteroatoms. The number of ether oxygens (including phenoxy) is 3. The smallest absolute Gasteiger partial charge is 0.245 e. The summed E-state index contributed by atoms with van der Waals surface area (Å²) in [5.74, 6) is 1.01. The Hall–Kier alpha value is -3.17. The van der Waals surface area contributed by atoms with E-state index in [4.69, 9.17) is 14.2 Å². The molecule has 2 aliphatic heterocycles. The lowest BCUT2D eigenvalue weighted by molar-refractivity contribution is -0.131. The van der Waals surface area contributed by atoms with Crippen LogP contribution >= 0.6 is 11.3 Å². The molecule has 8 nitrogen and oxygen atoms in total. The predicted molar refractivity (Wildman–Crippen MR) is 125 cm³/mol. The number of methoxy groups -OCH3 is 1. The van der Waals surface area contributed by atoms with Crippen LogP contribution in [0, 0.1) is 0 Å². The van der Waals surface area contributed by atoms with Gasteiger partial charge in [0.1, 0.15) is 6.10 Å². The summed E-state index contributed by atoms with van der Waals surface area (Å²) < 4.78 is 17.9. The molecule has 0 saturated carbocycles. The summed E-state index contributed by atoms with van der Waals surface area (Å²) in [6, 6.07) is 13.5. The molecule has 3 heterocycles. The van der Waals surface area contributed by atoms with E-state index < -0.39 is 0 Å². The van der Waals surface area contributed by atoms with Gasteiger partial charge in [0, 0.05) is 25.3 Å². The number of hydrogen-bond donors (Lipinski definition) is 1. The van der Waals surface area contributed by atoms with Gasteiger partial charge in [-0.1, -0.05) is 29.5 Å². The molecule has 33 heavy (non-hydrogen) atoms. The van der Waals surface area contributed by atoms with Crippen molar-refractivity contribution in [3.8, 4) is 11.5 Å². The third kappa shape index (κ3) is 4.79. The maximum absolute atomic E-state index is 12.6. The number of aromatic nitrogens is 1. The van der Waals surface area contributed by atoms with Gasteiger partial charge in [-0.05, 0) is 29.8 Å². The first-order valence-electron chi connectivity index (χ1n) is 10.9. The minimum Gasteiger partial charge on any atom is -0.493 e. The normalized spacial score (nSPS) is 20.4. The molecule has 0 radical (unpaired) electrons. The van der Waals surface area contributed by atoms with Crippen LogP contribution in [-0.2, 0) is 14.3 Å². The van der Waals surface area contributed by atoms with Crippen molar-refractivity contribution >= 4 is 38.5 Å². The van der Waals surface area contributed by atoms with Gasteiger partial charge in [0.2, 0.25) is 11.8 Å². The number of nitrogens with zero attached hydrogens (tertiary/aromatic N) is 2. The first kappa shape index (κ1) is 21.7. The SMILES string of the molecule is COc1ccc([C@@H]2CC(=O)N(CC(=O)Nc3nc4ccccc4s3)C2)cc1O[C@@H]1CCOC1. The fraction of sp³-hybridized carbons (Fsp3) is 0.375. The fourth-order valence-electron chi connectivity index (χ4n) is 4.23. The Kier molecular flexibility index (Phi) is 6.15. The zero-order valence-electron chi connectivity index (χ0n) is 18.3. The topological polar surface area (TPSA) is 90.0 Å². The summed E-state index contributed by atoms with van der Waals surface area (Å²) in [7, 11) is 1.61. The highest BCUT2D eigenvalue weighted by Gasteiger charge is 2.32. The Morgan fingerprint density at radius 3 is 2.94 bits per heavy atom. The molecule has 1 aromatic heterocycles. The molecule has 0 bridgehead atoms. The number of carbonyl (C=O) groups is 2. The molecular weight excluding hydrogens is 442 g/mol. The number of nitrogens with one attached hydrogen (secondary N) is 1. The first-order valence-corrected chi connectivity index (χ1v) is 11.8. The average molecular weight is 468 g/mol. The van der Waals surface area contributed by atoms with Crippen molar-refractivity contribution in [2.45, 2.75) is 24.9 Å². The highest BCUT2D eigenvalue weighted by atomic mass is 32.1. The number of hydrogen-bond acceptors (Lipinski definition) is 7. The van der Waals surface area contributed by atoms with Crippen LogP contribution in [0.4, 0.5) is 5.13 Å². The molecular formula is C24H25N3O5S. The quantitative estimate of drug-likeness (QED) is 0.573. The van der Waals surface area contributed by atoms with Crippen molar-refractivity contribution < 1.29 is 23.8 Å². The van der Waals surface area contributed by atoms with Crippen molar-refractivity contribution in [3.63, 3.8) is 0 Å². The van der Waals surface area contributed by atoms with E-state index in [-0.39, 0.29) is 30.4 Å². The lowest BCUT2D eigenvalue weighted by Gasteiger charge is -2.18. The summed E-state index contributed by atoms with van der Waals surface area (Å²) in [6.07, 6.45) is 1.20. The van der Waals surface area contributed by atoms with E-state index in [2.05, 4.69) is 10.3 Å². The number of rotatable bonds is 7. The Balaban J connectivity index is 1.23. The monoisotopic (exact) mass is 467 g/mol.